The molecule has 1 aromatic carbocycles. The Labute approximate surface area is 154 Å². The van der Waals surface area contributed by atoms with Crippen LogP contribution in [0.1, 0.15) is 12.0 Å². The van der Waals surface area contributed by atoms with Crippen LogP contribution in [0.4, 0.5) is 0 Å². The summed E-state index contributed by atoms with van der Waals surface area (Å²) in [4.78, 5) is 28.7. The minimum absolute atomic E-state index is 0.00860. The van der Waals surface area contributed by atoms with E-state index in [1.807, 2.05) is 24.3 Å². The minimum atomic E-state index is -0.247. The molecular formula is C19H28N4O3. The van der Waals surface area contributed by atoms with Crippen molar-refractivity contribution in [1.82, 2.24) is 20.4 Å². The van der Waals surface area contributed by atoms with Crippen molar-refractivity contribution in [3.8, 4) is 5.75 Å². The van der Waals surface area contributed by atoms with Crippen LogP contribution in [0.3, 0.4) is 0 Å². The number of nitrogens with zero attached hydrogens (tertiary/aromatic N) is 2. The lowest BCUT2D eigenvalue weighted by molar-refractivity contribution is -0.129. The molecule has 0 aliphatic carbocycles. The number of benzene rings is 1. The molecule has 7 nitrogen and oxygen atoms in total. The van der Waals surface area contributed by atoms with E-state index in [4.69, 9.17) is 4.74 Å². The number of hydrogen-bond donors (Lipinski definition) is 2. The maximum Gasteiger partial charge on any atom is 0.225 e. The van der Waals surface area contributed by atoms with Crippen LogP contribution in [-0.2, 0) is 16.1 Å². The van der Waals surface area contributed by atoms with Crippen molar-refractivity contribution in [2.45, 2.75) is 13.0 Å². The van der Waals surface area contributed by atoms with Gasteiger partial charge in [-0.3, -0.25) is 14.5 Å². The molecule has 1 atom stereocenters. The predicted octanol–water partition coefficient (Wildman–Crippen LogP) is 0.0651. The van der Waals surface area contributed by atoms with E-state index in [0.29, 0.717) is 26.1 Å². The molecule has 0 radical (unpaired) electrons. The van der Waals surface area contributed by atoms with Gasteiger partial charge in [0.15, 0.2) is 0 Å². The Morgan fingerprint density at radius 3 is 2.69 bits per heavy atom. The van der Waals surface area contributed by atoms with Crippen LogP contribution in [0.2, 0.25) is 0 Å². The van der Waals surface area contributed by atoms with Crippen molar-refractivity contribution in [2.24, 2.45) is 5.92 Å². The molecule has 1 aromatic rings. The third-order valence-corrected chi connectivity index (χ3v) is 5.05. The van der Waals surface area contributed by atoms with Gasteiger partial charge in [0, 0.05) is 58.8 Å². The van der Waals surface area contributed by atoms with Crippen molar-refractivity contribution < 1.29 is 14.3 Å². The van der Waals surface area contributed by atoms with E-state index in [1.54, 1.807) is 12.0 Å². The first-order valence-corrected chi connectivity index (χ1v) is 9.27. The normalized spacial score (nSPS) is 21.0. The van der Waals surface area contributed by atoms with Crippen LogP contribution in [0.25, 0.3) is 0 Å². The van der Waals surface area contributed by atoms with E-state index in [1.165, 1.54) is 0 Å². The smallest absolute Gasteiger partial charge is 0.225 e. The van der Waals surface area contributed by atoms with Gasteiger partial charge in [0.25, 0.3) is 0 Å². The number of carbonyl (C=O) groups excluding carboxylic acids is 2. The van der Waals surface area contributed by atoms with Gasteiger partial charge in [-0.2, -0.15) is 0 Å². The summed E-state index contributed by atoms with van der Waals surface area (Å²) < 4.78 is 5.15. The summed E-state index contributed by atoms with van der Waals surface area (Å²) >= 11 is 0. The zero-order chi connectivity index (χ0) is 18.4. The van der Waals surface area contributed by atoms with Crippen LogP contribution in [-0.4, -0.2) is 74.5 Å². The monoisotopic (exact) mass is 360 g/mol. The molecule has 2 aliphatic heterocycles. The molecule has 0 aromatic heterocycles. The molecule has 2 saturated heterocycles. The minimum Gasteiger partial charge on any atom is -0.497 e. The molecule has 3 rings (SSSR count). The second-order valence-corrected chi connectivity index (χ2v) is 6.91. The fourth-order valence-electron chi connectivity index (χ4n) is 3.47. The van der Waals surface area contributed by atoms with E-state index < -0.39 is 0 Å². The molecule has 142 valence electrons. The standard InChI is InChI=1S/C19H28N4O3/c1-26-17-4-2-15(3-5-17)13-23-14-16(12-18(23)24)19(25)21-8-11-22-9-6-20-7-10-22/h2-5,16,20H,6-14H2,1H3,(H,21,25). The molecule has 0 spiro atoms. The summed E-state index contributed by atoms with van der Waals surface area (Å²) in [6.45, 7) is 6.58. The molecule has 2 heterocycles. The summed E-state index contributed by atoms with van der Waals surface area (Å²) in [5, 5.41) is 6.31. The molecule has 2 N–H and O–H groups in total. The van der Waals surface area contributed by atoms with Gasteiger partial charge in [0.2, 0.25) is 11.8 Å². The molecule has 7 heteroatoms. The van der Waals surface area contributed by atoms with E-state index in [2.05, 4.69) is 15.5 Å². The van der Waals surface area contributed by atoms with E-state index in [-0.39, 0.29) is 17.7 Å². The quantitative estimate of drug-likeness (QED) is 0.720. The fourth-order valence-corrected chi connectivity index (χ4v) is 3.47. The number of piperazine rings is 1. The van der Waals surface area contributed by atoms with Crippen molar-refractivity contribution in [1.29, 1.82) is 0 Å². The average Bonchev–Trinajstić information content (AvgIpc) is 3.04. The molecule has 0 bridgehead atoms. The highest BCUT2D eigenvalue weighted by molar-refractivity contribution is 5.89. The Balaban J connectivity index is 1.43. The van der Waals surface area contributed by atoms with Crippen LogP contribution in [0, 0.1) is 5.92 Å². The van der Waals surface area contributed by atoms with Crippen molar-refractivity contribution in [2.75, 3.05) is 52.9 Å². The summed E-state index contributed by atoms with van der Waals surface area (Å²) in [6, 6.07) is 7.67. The van der Waals surface area contributed by atoms with Crippen LogP contribution in [0.15, 0.2) is 24.3 Å². The van der Waals surface area contributed by atoms with Gasteiger partial charge in [-0.1, -0.05) is 12.1 Å². The topological polar surface area (TPSA) is 73.9 Å². The first kappa shape index (κ1) is 18.7. The highest BCUT2D eigenvalue weighted by Crippen LogP contribution is 2.21. The molecular weight excluding hydrogens is 332 g/mol. The number of ether oxygens (including phenoxy) is 1. The summed E-state index contributed by atoms with van der Waals surface area (Å²) in [6.07, 6.45) is 0.301. The number of rotatable bonds is 7. The zero-order valence-corrected chi connectivity index (χ0v) is 15.4. The van der Waals surface area contributed by atoms with Gasteiger partial charge < -0.3 is 20.3 Å². The Kier molecular flexibility index (Phi) is 6.46. The first-order chi connectivity index (χ1) is 12.7. The maximum absolute atomic E-state index is 12.4. The van der Waals surface area contributed by atoms with Gasteiger partial charge in [-0.15, -0.1) is 0 Å². The number of carbonyl (C=O) groups is 2. The Hall–Kier alpha value is -2.12. The van der Waals surface area contributed by atoms with Gasteiger partial charge >= 0.3 is 0 Å². The van der Waals surface area contributed by atoms with Gasteiger partial charge in [0.05, 0.1) is 13.0 Å². The van der Waals surface area contributed by atoms with Crippen LogP contribution in [0.5, 0.6) is 5.75 Å². The number of nitrogens with one attached hydrogen (secondary N) is 2. The molecule has 2 aliphatic rings. The predicted molar refractivity (Wildman–Crippen MR) is 98.8 cm³/mol. The lowest BCUT2D eigenvalue weighted by Gasteiger charge is -2.27. The second-order valence-electron chi connectivity index (χ2n) is 6.91. The zero-order valence-electron chi connectivity index (χ0n) is 15.4. The van der Waals surface area contributed by atoms with E-state index in [9.17, 15) is 9.59 Å². The third kappa shape index (κ3) is 4.95. The summed E-state index contributed by atoms with van der Waals surface area (Å²) in [7, 11) is 1.63. The Bertz CT molecular complexity index is 614. The third-order valence-electron chi connectivity index (χ3n) is 5.05. The van der Waals surface area contributed by atoms with Crippen LogP contribution >= 0.6 is 0 Å². The average molecular weight is 360 g/mol. The summed E-state index contributed by atoms with van der Waals surface area (Å²) in [5.41, 5.74) is 1.04. The van der Waals surface area contributed by atoms with Crippen molar-refractivity contribution in [3.05, 3.63) is 29.8 Å². The Morgan fingerprint density at radius 2 is 2.00 bits per heavy atom. The van der Waals surface area contributed by atoms with E-state index >= 15 is 0 Å². The van der Waals surface area contributed by atoms with Crippen molar-refractivity contribution in [3.63, 3.8) is 0 Å². The first-order valence-electron chi connectivity index (χ1n) is 9.27. The van der Waals surface area contributed by atoms with Crippen LogP contribution < -0.4 is 15.4 Å². The molecule has 26 heavy (non-hydrogen) atoms. The molecule has 1 unspecified atom stereocenters. The Morgan fingerprint density at radius 1 is 1.27 bits per heavy atom. The van der Waals surface area contributed by atoms with Gasteiger partial charge in [-0.25, -0.2) is 0 Å². The fraction of sp³-hybridized carbons (Fsp3) is 0.579. The molecule has 2 fully saturated rings. The molecule has 0 saturated carbocycles. The van der Waals surface area contributed by atoms with Gasteiger partial charge in [-0.05, 0) is 17.7 Å². The lowest BCUT2D eigenvalue weighted by atomic mass is 10.1. The number of likely N-dealkylation sites (tertiary alicyclic amines) is 1. The van der Waals surface area contributed by atoms with E-state index in [0.717, 1.165) is 44.0 Å². The maximum atomic E-state index is 12.4. The largest absolute Gasteiger partial charge is 0.497 e. The van der Waals surface area contributed by atoms with Gasteiger partial charge in [0.1, 0.15) is 5.75 Å². The van der Waals surface area contributed by atoms with Crippen molar-refractivity contribution >= 4 is 11.8 Å². The highest BCUT2D eigenvalue weighted by atomic mass is 16.5. The molecule has 2 amide bonds. The SMILES string of the molecule is COc1ccc(CN2CC(C(=O)NCCN3CCNCC3)CC2=O)cc1. The second kappa shape index (κ2) is 9.00. The summed E-state index contributed by atoms with van der Waals surface area (Å²) in [5.74, 6) is 0.584. The number of methoxy groups -OCH3 is 1. The number of amides is 2. The lowest BCUT2D eigenvalue weighted by Crippen LogP contribution is -2.46. The highest BCUT2D eigenvalue weighted by Gasteiger charge is 2.34. The number of hydrogen-bond acceptors (Lipinski definition) is 5.